The van der Waals surface area contributed by atoms with E-state index in [-0.39, 0.29) is 17.5 Å². The van der Waals surface area contributed by atoms with Crippen molar-refractivity contribution in [3.8, 4) is 0 Å². The first-order chi connectivity index (χ1) is 6.68. The molecule has 1 nitrogen and oxygen atoms in total. The van der Waals surface area contributed by atoms with Gasteiger partial charge in [0.15, 0.2) is 0 Å². The third-order valence-electron chi connectivity index (χ3n) is 2.64. The van der Waals surface area contributed by atoms with Crippen molar-refractivity contribution in [2.24, 2.45) is 0 Å². The van der Waals surface area contributed by atoms with Crippen molar-refractivity contribution in [1.29, 1.82) is 0 Å². The summed E-state index contributed by atoms with van der Waals surface area (Å²) in [5.41, 5.74) is 0.925. The van der Waals surface area contributed by atoms with Gasteiger partial charge in [-0.2, -0.15) is 0 Å². The Kier molecular flexibility index (Phi) is 2.68. The summed E-state index contributed by atoms with van der Waals surface area (Å²) in [5, 5.41) is 0. The Labute approximate surface area is 90.4 Å². The number of benzene rings is 1. The highest BCUT2D eigenvalue weighted by molar-refractivity contribution is 9.10. The van der Waals surface area contributed by atoms with Crippen LogP contribution in [-0.2, 0) is 4.79 Å². The summed E-state index contributed by atoms with van der Waals surface area (Å²) in [6, 6.07) is 4.53. The molecule has 0 aromatic heterocycles. The van der Waals surface area contributed by atoms with Gasteiger partial charge in [-0.05, 0) is 30.5 Å². The van der Waals surface area contributed by atoms with Crippen molar-refractivity contribution < 1.29 is 9.18 Å². The van der Waals surface area contributed by atoms with E-state index in [1.54, 1.807) is 6.07 Å². The summed E-state index contributed by atoms with van der Waals surface area (Å²) in [5.74, 6) is -0.0200. The molecule has 3 heteroatoms. The summed E-state index contributed by atoms with van der Waals surface area (Å²) >= 11 is 3.29. The Morgan fingerprint density at radius 1 is 1.43 bits per heavy atom. The normalized spacial score (nSPS) is 21.6. The molecule has 0 heterocycles. The van der Waals surface area contributed by atoms with Crippen LogP contribution in [-0.4, -0.2) is 5.78 Å². The van der Waals surface area contributed by atoms with Crippen LogP contribution in [0.2, 0.25) is 0 Å². The van der Waals surface area contributed by atoms with Crippen LogP contribution in [0.15, 0.2) is 22.7 Å². The number of carbonyl (C=O) groups excluding carboxylic acids is 1. The minimum atomic E-state index is -0.272. The van der Waals surface area contributed by atoms with Crippen molar-refractivity contribution >= 4 is 21.7 Å². The van der Waals surface area contributed by atoms with Crippen molar-refractivity contribution in [1.82, 2.24) is 0 Å². The molecule has 74 valence electrons. The zero-order chi connectivity index (χ0) is 10.1. The average molecular weight is 257 g/mol. The Morgan fingerprint density at radius 2 is 2.21 bits per heavy atom. The summed E-state index contributed by atoms with van der Waals surface area (Å²) in [4.78, 5) is 11.5. The molecule has 2 rings (SSSR count). The maximum atomic E-state index is 12.8. The van der Waals surface area contributed by atoms with Crippen LogP contribution in [0.25, 0.3) is 0 Å². The quantitative estimate of drug-likeness (QED) is 0.753. The van der Waals surface area contributed by atoms with E-state index >= 15 is 0 Å². The van der Waals surface area contributed by atoms with Gasteiger partial charge in [-0.3, -0.25) is 4.79 Å². The maximum Gasteiger partial charge on any atom is 0.140 e. The second-order valence-electron chi connectivity index (χ2n) is 3.58. The van der Waals surface area contributed by atoms with Gasteiger partial charge in [-0.25, -0.2) is 4.39 Å². The first-order valence-electron chi connectivity index (χ1n) is 4.66. The number of Topliss-reactive ketones (excluding diaryl/α,β-unsaturated/α-hetero) is 1. The molecule has 0 amide bonds. The molecule has 0 spiro atoms. The molecule has 1 unspecified atom stereocenters. The Balaban J connectivity index is 2.36. The highest BCUT2D eigenvalue weighted by Gasteiger charge is 2.27. The molecule has 0 saturated heterocycles. The van der Waals surface area contributed by atoms with Gasteiger partial charge in [0.05, 0.1) is 0 Å². The standard InChI is InChI=1S/C11H10BrFO/c12-10-6-7(13)4-5-8(10)9-2-1-3-11(9)14/h4-6,9H,1-3H2. The number of rotatable bonds is 1. The van der Waals surface area contributed by atoms with Crippen LogP contribution in [0, 0.1) is 5.82 Å². The topological polar surface area (TPSA) is 17.1 Å². The van der Waals surface area contributed by atoms with E-state index in [1.165, 1.54) is 12.1 Å². The van der Waals surface area contributed by atoms with Crippen LogP contribution in [0.4, 0.5) is 4.39 Å². The van der Waals surface area contributed by atoms with E-state index in [1.807, 2.05) is 0 Å². The lowest BCUT2D eigenvalue weighted by Crippen LogP contribution is -2.04. The van der Waals surface area contributed by atoms with Crippen molar-refractivity contribution in [2.45, 2.75) is 25.2 Å². The average Bonchev–Trinajstić information content (AvgIpc) is 2.52. The second kappa shape index (κ2) is 3.81. The molecule has 0 radical (unpaired) electrons. The highest BCUT2D eigenvalue weighted by Crippen LogP contribution is 2.35. The summed E-state index contributed by atoms with van der Waals surface area (Å²) in [6.07, 6.45) is 2.50. The molecular formula is C11H10BrFO. The number of hydrogen-bond acceptors (Lipinski definition) is 1. The number of carbonyl (C=O) groups is 1. The predicted molar refractivity (Wildman–Crippen MR) is 55.7 cm³/mol. The van der Waals surface area contributed by atoms with Gasteiger partial charge in [-0.15, -0.1) is 0 Å². The fourth-order valence-electron chi connectivity index (χ4n) is 1.93. The van der Waals surface area contributed by atoms with E-state index in [2.05, 4.69) is 15.9 Å². The molecule has 1 aliphatic rings. The van der Waals surface area contributed by atoms with Crippen molar-refractivity contribution in [2.75, 3.05) is 0 Å². The van der Waals surface area contributed by atoms with Crippen molar-refractivity contribution in [3.05, 3.63) is 34.1 Å². The van der Waals surface area contributed by atoms with Gasteiger partial charge in [0.1, 0.15) is 11.6 Å². The van der Waals surface area contributed by atoms with E-state index in [0.29, 0.717) is 10.9 Å². The van der Waals surface area contributed by atoms with Gasteiger partial charge < -0.3 is 0 Å². The molecule has 14 heavy (non-hydrogen) atoms. The molecule has 1 atom stereocenters. The molecule has 0 N–H and O–H groups in total. The minimum absolute atomic E-state index is 0.0232. The predicted octanol–water partition coefficient (Wildman–Crippen LogP) is 3.42. The largest absolute Gasteiger partial charge is 0.299 e. The summed E-state index contributed by atoms with van der Waals surface area (Å²) in [6.45, 7) is 0. The second-order valence-corrected chi connectivity index (χ2v) is 4.43. The fraction of sp³-hybridized carbons (Fsp3) is 0.364. The Bertz CT molecular complexity index is 376. The molecule has 1 aliphatic carbocycles. The minimum Gasteiger partial charge on any atom is -0.299 e. The Morgan fingerprint density at radius 3 is 2.79 bits per heavy atom. The van der Waals surface area contributed by atoms with Crippen LogP contribution in [0.3, 0.4) is 0 Å². The summed E-state index contributed by atoms with van der Waals surface area (Å²) in [7, 11) is 0. The SMILES string of the molecule is O=C1CCCC1c1ccc(F)cc1Br. The monoisotopic (exact) mass is 256 g/mol. The summed E-state index contributed by atoms with van der Waals surface area (Å²) < 4.78 is 13.5. The van der Waals surface area contributed by atoms with Gasteiger partial charge >= 0.3 is 0 Å². The number of hydrogen-bond donors (Lipinski definition) is 0. The van der Waals surface area contributed by atoms with Gasteiger partial charge in [-0.1, -0.05) is 22.0 Å². The van der Waals surface area contributed by atoms with Gasteiger partial charge in [0.2, 0.25) is 0 Å². The number of halogens is 2. The molecule has 0 aliphatic heterocycles. The highest BCUT2D eigenvalue weighted by atomic mass is 79.9. The molecule has 0 bridgehead atoms. The zero-order valence-electron chi connectivity index (χ0n) is 7.59. The van der Waals surface area contributed by atoms with E-state index in [0.717, 1.165) is 18.4 Å². The fourth-order valence-corrected chi connectivity index (χ4v) is 2.56. The first kappa shape index (κ1) is 9.84. The molecule has 1 fully saturated rings. The lowest BCUT2D eigenvalue weighted by Gasteiger charge is -2.10. The lowest BCUT2D eigenvalue weighted by molar-refractivity contribution is -0.118. The third kappa shape index (κ3) is 1.73. The van der Waals surface area contributed by atoms with Gasteiger partial charge in [0.25, 0.3) is 0 Å². The zero-order valence-corrected chi connectivity index (χ0v) is 9.18. The van der Waals surface area contributed by atoms with Crippen LogP contribution < -0.4 is 0 Å². The van der Waals surface area contributed by atoms with Crippen LogP contribution in [0.1, 0.15) is 30.7 Å². The molecule has 1 saturated carbocycles. The Hall–Kier alpha value is -0.700. The van der Waals surface area contributed by atoms with E-state index < -0.39 is 0 Å². The molecular weight excluding hydrogens is 247 g/mol. The third-order valence-corrected chi connectivity index (χ3v) is 3.33. The van der Waals surface area contributed by atoms with Crippen LogP contribution >= 0.6 is 15.9 Å². The molecule has 1 aromatic rings. The van der Waals surface area contributed by atoms with E-state index in [9.17, 15) is 9.18 Å². The van der Waals surface area contributed by atoms with Crippen LogP contribution in [0.5, 0.6) is 0 Å². The number of ketones is 1. The lowest BCUT2D eigenvalue weighted by atomic mass is 9.97. The molecule has 1 aromatic carbocycles. The van der Waals surface area contributed by atoms with Crippen molar-refractivity contribution in [3.63, 3.8) is 0 Å². The van der Waals surface area contributed by atoms with E-state index in [4.69, 9.17) is 0 Å². The maximum absolute atomic E-state index is 12.8. The first-order valence-corrected chi connectivity index (χ1v) is 5.45. The van der Waals surface area contributed by atoms with Gasteiger partial charge in [0, 0.05) is 16.8 Å². The smallest absolute Gasteiger partial charge is 0.140 e.